The minimum absolute atomic E-state index is 0.619. The molecule has 3 heterocycles. The molecule has 3 aromatic rings. The second-order valence-electron chi connectivity index (χ2n) is 4.10. The summed E-state index contributed by atoms with van der Waals surface area (Å²) in [4.78, 5) is 7.67. The molecular weight excluding hydrogens is 292 g/mol. The first-order valence-corrected chi connectivity index (χ1v) is 8.43. The van der Waals surface area contributed by atoms with E-state index in [4.69, 9.17) is 11.5 Å². The van der Waals surface area contributed by atoms with Gasteiger partial charge in [0.15, 0.2) is 0 Å². The Kier molecular flexibility index (Phi) is 3.81. The summed E-state index contributed by atoms with van der Waals surface area (Å²) in [5, 5.41) is 0. The lowest BCUT2D eigenvalue weighted by molar-refractivity contribution is 1.11. The first-order chi connectivity index (χ1) is 9.30. The van der Waals surface area contributed by atoms with Gasteiger partial charge in [0.05, 0.1) is 0 Å². The van der Waals surface area contributed by atoms with Gasteiger partial charge in [0.25, 0.3) is 0 Å². The van der Waals surface area contributed by atoms with Crippen molar-refractivity contribution in [2.24, 2.45) is 11.5 Å². The van der Waals surface area contributed by atoms with Crippen LogP contribution >= 0.6 is 34.0 Å². The fourth-order valence-electron chi connectivity index (χ4n) is 1.84. The molecule has 3 aromatic heterocycles. The van der Waals surface area contributed by atoms with Crippen molar-refractivity contribution in [1.29, 1.82) is 0 Å². The van der Waals surface area contributed by atoms with Crippen molar-refractivity contribution in [3.05, 3.63) is 46.2 Å². The fourth-order valence-corrected chi connectivity index (χ4v) is 4.80. The van der Waals surface area contributed by atoms with E-state index in [9.17, 15) is 0 Å². The van der Waals surface area contributed by atoms with Crippen LogP contribution in [0.15, 0.2) is 36.4 Å². The van der Waals surface area contributed by atoms with Crippen molar-refractivity contribution in [3.63, 3.8) is 0 Å². The van der Waals surface area contributed by atoms with Crippen LogP contribution in [0.2, 0.25) is 0 Å². The van der Waals surface area contributed by atoms with Crippen molar-refractivity contribution >= 4 is 34.0 Å². The molecule has 98 valence electrons. The smallest absolute Gasteiger partial charge is 0.0449 e. The predicted molar refractivity (Wildman–Crippen MR) is 86.7 cm³/mol. The quantitative estimate of drug-likeness (QED) is 0.761. The summed E-state index contributed by atoms with van der Waals surface area (Å²) >= 11 is 5.37. The fraction of sp³-hybridized carbons (Fsp3) is 0.143. The largest absolute Gasteiger partial charge is 0.326 e. The molecule has 0 aromatic carbocycles. The maximum Gasteiger partial charge on any atom is 0.0449 e. The molecule has 2 nitrogen and oxygen atoms in total. The van der Waals surface area contributed by atoms with Gasteiger partial charge in [0.1, 0.15) is 0 Å². The molecule has 0 saturated heterocycles. The van der Waals surface area contributed by atoms with Gasteiger partial charge in [-0.25, -0.2) is 0 Å². The normalized spacial score (nSPS) is 11.1. The van der Waals surface area contributed by atoms with Crippen LogP contribution in [0.1, 0.15) is 9.75 Å². The highest BCUT2D eigenvalue weighted by atomic mass is 32.1. The van der Waals surface area contributed by atoms with Crippen LogP contribution in [0, 0.1) is 0 Å². The van der Waals surface area contributed by atoms with Crippen molar-refractivity contribution in [2.75, 3.05) is 0 Å². The highest BCUT2D eigenvalue weighted by Gasteiger charge is 2.09. The molecule has 0 atom stereocenters. The monoisotopic (exact) mass is 306 g/mol. The van der Waals surface area contributed by atoms with Crippen molar-refractivity contribution in [2.45, 2.75) is 13.1 Å². The molecule has 0 aliphatic heterocycles. The minimum atomic E-state index is 0.619. The topological polar surface area (TPSA) is 52.0 Å². The molecule has 0 unspecified atom stereocenters. The SMILES string of the molecule is NCc1ccc(-c2ccc(-c3ccc(CN)s3)s2)s1. The zero-order chi connectivity index (χ0) is 13.2. The maximum absolute atomic E-state index is 5.66. The van der Waals surface area contributed by atoms with Crippen molar-refractivity contribution < 1.29 is 0 Å². The molecule has 0 saturated carbocycles. The zero-order valence-electron chi connectivity index (χ0n) is 10.3. The molecule has 19 heavy (non-hydrogen) atoms. The Bertz CT molecular complexity index is 621. The van der Waals surface area contributed by atoms with Gasteiger partial charge in [0, 0.05) is 42.4 Å². The summed E-state index contributed by atoms with van der Waals surface area (Å²) in [6, 6.07) is 12.9. The number of nitrogens with two attached hydrogens (primary N) is 2. The first kappa shape index (κ1) is 13.0. The molecule has 0 bridgehead atoms. The lowest BCUT2D eigenvalue weighted by atomic mass is 10.3. The van der Waals surface area contributed by atoms with E-state index in [0.29, 0.717) is 13.1 Å². The van der Waals surface area contributed by atoms with E-state index in [-0.39, 0.29) is 0 Å². The average molecular weight is 306 g/mol. The zero-order valence-corrected chi connectivity index (χ0v) is 12.7. The van der Waals surface area contributed by atoms with Crippen LogP contribution in [0.4, 0.5) is 0 Å². The Morgan fingerprint density at radius 1 is 0.579 bits per heavy atom. The summed E-state index contributed by atoms with van der Waals surface area (Å²) < 4.78 is 0. The molecule has 0 amide bonds. The van der Waals surface area contributed by atoms with E-state index in [1.807, 2.05) is 11.3 Å². The van der Waals surface area contributed by atoms with Crippen molar-refractivity contribution in [1.82, 2.24) is 0 Å². The molecule has 0 radical (unpaired) electrons. The Morgan fingerprint density at radius 3 is 1.32 bits per heavy atom. The van der Waals surface area contributed by atoms with Gasteiger partial charge in [-0.15, -0.1) is 34.0 Å². The molecule has 5 heteroatoms. The predicted octanol–water partition coefficient (Wildman–Crippen LogP) is 4.12. The van der Waals surface area contributed by atoms with Crippen LogP contribution < -0.4 is 11.5 Å². The van der Waals surface area contributed by atoms with Gasteiger partial charge in [-0.2, -0.15) is 0 Å². The third kappa shape index (κ3) is 2.66. The Hall–Kier alpha value is -0.980. The second kappa shape index (κ2) is 5.56. The number of thiophene rings is 3. The number of hydrogen-bond donors (Lipinski definition) is 2. The maximum atomic E-state index is 5.66. The number of rotatable bonds is 4. The van der Waals surface area contributed by atoms with E-state index < -0.39 is 0 Å². The van der Waals surface area contributed by atoms with Gasteiger partial charge in [-0.3, -0.25) is 0 Å². The summed E-state index contributed by atoms with van der Waals surface area (Å²) in [5.41, 5.74) is 11.3. The second-order valence-corrected chi connectivity index (χ2v) is 7.52. The van der Waals surface area contributed by atoms with Crippen LogP contribution in [-0.2, 0) is 13.1 Å². The van der Waals surface area contributed by atoms with Gasteiger partial charge in [0.2, 0.25) is 0 Å². The van der Waals surface area contributed by atoms with Crippen LogP contribution in [0.5, 0.6) is 0 Å². The molecular formula is C14H14N2S3. The third-order valence-electron chi connectivity index (χ3n) is 2.82. The lowest BCUT2D eigenvalue weighted by Crippen LogP contribution is -1.90. The van der Waals surface area contributed by atoms with Crippen LogP contribution in [0.25, 0.3) is 19.5 Å². The van der Waals surface area contributed by atoms with E-state index in [0.717, 1.165) is 0 Å². The Balaban J connectivity index is 1.90. The van der Waals surface area contributed by atoms with Gasteiger partial charge >= 0.3 is 0 Å². The summed E-state index contributed by atoms with van der Waals surface area (Å²) in [6.45, 7) is 1.24. The molecule has 4 N–H and O–H groups in total. The minimum Gasteiger partial charge on any atom is -0.326 e. The van der Waals surface area contributed by atoms with Crippen LogP contribution in [0.3, 0.4) is 0 Å². The highest BCUT2D eigenvalue weighted by molar-refractivity contribution is 7.26. The first-order valence-electron chi connectivity index (χ1n) is 5.98. The molecule has 3 rings (SSSR count). The van der Waals surface area contributed by atoms with E-state index >= 15 is 0 Å². The number of hydrogen-bond acceptors (Lipinski definition) is 5. The Labute approximate surface area is 124 Å². The van der Waals surface area contributed by atoms with E-state index in [2.05, 4.69) is 36.4 Å². The lowest BCUT2D eigenvalue weighted by Gasteiger charge is -1.91. The van der Waals surface area contributed by atoms with Gasteiger partial charge in [-0.1, -0.05) is 0 Å². The van der Waals surface area contributed by atoms with E-state index in [1.165, 1.54) is 29.3 Å². The van der Waals surface area contributed by atoms with Gasteiger partial charge in [-0.05, 0) is 36.4 Å². The van der Waals surface area contributed by atoms with Gasteiger partial charge < -0.3 is 11.5 Å². The van der Waals surface area contributed by atoms with E-state index in [1.54, 1.807) is 22.7 Å². The highest BCUT2D eigenvalue weighted by Crippen LogP contribution is 2.39. The summed E-state index contributed by atoms with van der Waals surface area (Å²) in [5.74, 6) is 0. The van der Waals surface area contributed by atoms with Crippen molar-refractivity contribution in [3.8, 4) is 19.5 Å². The standard InChI is InChI=1S/C14H14N2S3/c15-7-9-1-3-11(17-9)13-5-6-14(19-13)12-4-2-10(8-16)18-12/h1-6H,7-8,15-16H2. The molecule has 0 aliphatic carbocycles. The molecule has 0 aliphatic rings. The molecule has 0 fully saturated rings. The van der Waals surface area contributed by atoms with Crippen LogP contribution in [-0.4, -0.2) is 0 Å². The third-order valence-corrected chi connectivity index (χ3v) is 6.51. The summed E-state index contributed by atoms with van der Waals surface area (Å²) in [6.07, 6.45) is 0. The average Bonchev–Trinajstić information content (AvgIpc) is 3.16. The summed E-state index contributed by atoms with van der Waals surface area (Å²) in [7, 11) is 0. The molecule has 0 spiro atoms. The Morgan fingerprint density at radius 2 is 0.947 bits per heavy atom.